The van der Waals surface area contributed by atoms with Crippen LogP contribution in [0.5, 0.6) is 5.75 Å². The molecule has 0 aliphatic carbocycles. The quantitative estimate of drug-likeness (QED) is 0.917. The molecule has 0 radical (unpaired) electrons. The predicted octanol–water partition coefficient (Wildman–Crippen LogP) is 2.20. The highest BCUT2D eigenvalue weighted by Gasteiger charge is 2.27. The van der Waals surface area contributed by atoms with Gasteiger partial charge in [-0.3, -0.25) is 9.59 Å². The summed E-state index contributed by atoms with van der Waals surface area (Å²) in [6.45, 7) is 5.39. The Morgan fingerprint density at radius 3 is 2.12 bits per heavy atom. The average Bonchev–Trinajstić information content (AvgIpc) is 3.00. The van der Waals surface area contributed by atoms with Crippen LogP contribution in [0.2, 0.25) is 0 Å². The van der Waals surface area contributed by atoms with Crippen LogP contribution in [0.3, 0.4) is 0 Å². The maximum Gasteiger partial charge on any atom is 0.289 e. The van der Waals surface area contributed by atoms with Crippen LogP contribution >= 0.6 is 0 Å². The van der Waals surface area contributed by atoms with Gasteiger partial charge in [-0.2, -0.15) is 0 Å². The first-order valence-electron chi connectivity index (χ1n) is 7.90. The summed E-state index contributed by atoms with van der Waals surface area (Å²) in [7, 11) is 0. The number of phenols is 1. The summed E-state index contributed by atoms with van der Waals surface area (Å²) in [4.78, 5) is 28.2. The standard InChI is InChI=1S/C18H20N2O4/c1-12-3-5-14(15(21)11-12)17(22)19-7-9-20(10-8-19)18(23)16-6-4-13(2)24-16/h3-6,11,21H,7-10H2,1-2H3. The fourth-order valence-corrected chi connectivity index (χ4v) is 2.81. The second-order valence-electron chi connectivity index (χ2n) is 6.02. The van der Waals surface area contributed by atoms with E-state index in [0.717, 1.165) is 5.56 Å². The molecule has 1 N–H and O–H groups in total. The minimum atomic E-state index is -0.214. The smallest absolute Gasteiger partial charge is 0.289 e. The highest BCUT2D eigenvalue weighted by molar-refractivity contribution is 5.97. The molecule has 2 amide bonds. The SMILES string of the molecule is Cc1ccc(C(=O)N2CCN(C(=O)c3ccc(C)o3)CC2)c(O)c1. The van der Waals surface area contributed by atoms with Crippen molar-refractivity contribution in [1.29, 1.82) is 0 Å². The number of hydrogen-bond acceptors (Lipinski definition) is 4. The lowest BCUT2D eigenvalue weighted by Crippen LogP contribution is -2.50. The average molecular weight is 328 g/mol. The van der Waals surface area contributed by atoms with Crippen LogP contribution in [0.15, 0.2) is 34.7 Å². The van der Waals surface area contributed by atoms with E-state index in [-0.39, 0.29) is 17.6 Å². The summed E-state index contributed by atoms with van der Waals surface area (Å²) >= 11 is 0. The Kier molecular flexibility index (Phi) is 4.29. The zero-order chi connectivity index (χ0) is 17.3. The van der Waals surface area contributed by atoms with Crippen LogP contribution in [0.25, 0.3) is 0 Å². The van der Waals surface area contributed by atoms with E-state index in [1.165, 1.54) is 0 Å². The number of rotatable bonds is 2. The number of benzene rings is 1. The molecule has 0 spiro atoms. The molecule has 3 rings (SSSR count). The third-order valence-electron chi connectivity index (χ3n) is 4.19. The Morgan fingerprint density at radius 1 is 0.958 bits per heavy atom. The van der Waals surface area contributed by atoms with E-state index in [1.807, 2.05) is 6.92 Å². The van der Waals surface area contributed by atoms with Gasteiger partial charge in [0.25, 0.3) is 11.8 Å². The monoisotopic (exact) mass is 328 g/mol. The van der Waals surface area contributed by atoms with Crippen LogP contribution in [0, 0.1) is 13.8 Å². The normalized spacial score (nSPS) is 14.8. The van der Waals surface area contributed by atoms with Crippen molar-refractivity contribution in [2.45, 2.75) is 13.8 Å². The van der Waals surface area contributed by atoms with Crippen molar-refractivity contribution >= 4 is 11.8 Å². The van der Waals surface area contributed by atoms with Gasteiger partial charge in [0.05, 0.1) is 5.56 Å². The van der Waals surface area contributed by atoms with Crippen LogP contribution in [-0.2, 0) is 0 Å². The second-order valence-corrected chi connectivity index (χ2v) is 6.02. The van der Waals surface area contributed by atoms with Crippen molar-refractivity contribution in [2.75, 3.05) is 26.2 Å². The number of carbonyl (C=O) groups excluding carboxylic acids is 2. The van der Waals surface area contributed by atoms with Crippen molar-refractivity contribution in [3.05, 3.63) is 53.0 Å². The Bertz CT molecular complexity index is 773. The molecule has 1 aromatic heterocycles. The van der Waals surface area contributed by atoms with Crippen molar-refractivity contribution in [1.82, 2.24) is 9.80 Å². The van der Waals surface area contributed by atoms with Gasteiger partial charge >= 0.3 is 0 Å². The molecule has 1 saturated heterocycles. The van der Waals surface area contributed by atoms with Gasteiger partial charge in [0.15, 0.2) is 5.76 Å². The molecular weight excluding hydrogens is 308 g/mol. The summed E-state index contributed by atoms with van der Waals surface area (Å²) < 4.78 is 5.36. The Hall–Kier alpha value is -2.76. The van der Waals surface area contributed by atoms with Gasteiger partial charge in [0.2, 0.25) is 0 Å². The summed E-state index contributed by atoms with van der Waals surface area (Å²) in [5.41, 5.74) is 1.19. The minimum absolute atomic E-state index is 0.00966. The largest absolute Gasteiger partial charge is 0.507 e. The first-order chi connectivity index (χ1) is 11.5. The number of amides is 2. The molecule has 0 saturated carbocycles. The van der Waals surface area contributed by atoms with Crippen LogP contribution in [0.1, 0.15) is 32.2 Å². The Labute approximate surface area is 140 Å². The van der Waals surface area contributed by atoms with Gasteiger partial charge < -0.3 is 19.3 Å². The van der Waals surface area contributed by atoms with Gasteiger partial charge in [0.1, 0.15) is 11.5 Å². The number of hydrogen-bond donors (Lipinski definition) is 1. The zero-order valence-corrected chi connectivity index (χ0v) is 13.8. The van der Waals surface area contributed by atoms with E-state index < -0.39 is 0 Å². The molecular formula is C18H20N2O4. The molecule has 1 aromatic carbocycles. The van der Waals surface area contributed by atoms with Crippen molar-refractivity contribution < 1.29 is 19.1 Å². The molecule has 1 aliphatic rings. The first kappa shape index (κ1) is 16.1. The Morgan fingerprint density at radius 2 is 1.58 bits per heavy atom. The maximum absolute atomic E-state index is 12.5. The van der Waals surface area contributed by atoms with E-state index in [9.17, 15) is 14.7 Å². The van der Waals surface area contributed by atoms with Crippen molar-refractivity contribution in [2.24, 2.45) is 0 Å². The lowest BCUT2D eigenvalue weighted by atomic mass is 10.1. The number of aromatic hydroxyl groups is 1. The highest BCUT2D eigenvalue weighted by Crippen LogP contribution is 2.21. The topological polar surface area (TPSA) is 74.0 Å². The minimum Gasteiger partial charge on any atom is -0.507 e. The predicted molar refractivity (Wildman–Crippen MR) is 88.1 cm³/mol. The molecule has 2 aromatic rings. The lowest BCUT2D eigenvalue weighted by molar-refractivity contribution is 0.0516. The fraction of sp³-hybridized carbons (Fsp3) is 0.333. The van der Waals surface area contributed by atoms with E-state index in [4.69, 9.17) is 4.42 Å². The van der Waals surface area contributed by atoms with Crippen molar-refractivity contribution in [3.63, 3.8) is 0 Å². The second kappa shape index (κ2) is 6.39. The summed E-state index contributed by atoms with van der Waals surface area (Å²) in [6.07, 6.45) is 0. The molecule has 6 heteroatoms. The van der Waals surface area contributed by atoms with Gasteiger partial charge in [-0.25, -0.2) is 0 Å². The van der Waals surface area contributed by atoms with Crippen LogP contribution in [-0.4, -0.2) is 52.9 Å². The van der Waals surface area contributed by atoms with E-state index in [1.54, 1.807) is 47.1 Å². The molecule has 0 bridgehead atoms. The number of carbonyl (C=O) groups is 2. The number of furan rings is 1. The summed E-state index contributed by atoms with van der Waals surface area (Å²) in [5.74, 6) is 0.636. The van der Waals surface area contributed by atoms with E-state index >= 15 is 0 Å². The molecule has 0 unspecified atom stereocenters. The number of phenolic OH excluding ortho intramolecular Hbond substituents is 1. The van der Waals surface area contributed by atoms with Gasteiger partial charge in [-0.1, -0.05) is 6.07 Å². The number of nitrogens with zero attached hydrogens (tertiary/aromatic N) is 2. The summed E-state index contributed by atoms with van der Waals surface area (Å²) in [6, 6.07) is 8.43. The van der Waals surface area contributed by atoms with Crippen LogP contribution in [0.4, 0.5) is 0 Å². The van der Waals surface area contributed by atoms with E-state index in [2.05, 4.69) is 0 Å². The van der Waals surface area contributed by atoms with E-state index in [0.29, 0.717) is 43.3 Å². The van der Waals surface area contributed by atoms with Crippen molar-refractivity contribution in [3.8, 4) is 5.75 Å². The van der Waals surface area contributed by atoms with Gasteiger partial charge in [0, 0.05) is 26.2 Å². The molecule has 6 nitrogen and oxygen atoms in total. The number of aryl methyl sites for hydroxylation is 2. The number of piperazine rings is 1. The first-order valence-corrected chi connectivity index (χ1v) is 7.90. The van der Waals surface area contributed by atoms with Gasteiger partial charge in [-0.05, 0) is 43.7 Å². The lowest BCUT2D eigenvalue weighted by Gasteiger charge is -2.34. The zero-order valence-electron chi connectivity index (χ0n) is 13.8. The molecule has 2 heterocycles. The third kappa shape index (κ3) is 3.13. The Balaban J connectivity index is 1.64. The molecule has 0 atom stereocenters. The van der Waals surface area contributed by atoms with Crippen LogP contribution < -0.4 is 0 Å². The summed E-state index contributed by atoms with van der Waals surface area (Å²) in [5, 5.41) is 9.96. The molecule has 24 heavy (non-hydrogen) atoms. The maximum atomic E-state index is 12.5. The molecule has 126 valence electrons. The molecule has 1 aliphatic heterocycles. The fourth-order valence-electron chi connectivity index (χ4n) is 2.81. The molecule has 1 fully saturated rings. The highest BCUT2D eigenvalue weighted by atomic mass is 16.3. The third-order valence-corrected chi connectivity index (χ3v) is 4.19. The van der Waals surface area contributed by atoms with Gasteiger partial charge in [-0.15, -0.1) is 0 Å².